The normalized spacial score (nSPS) is 11.9. The largest absolute Gasteiger partial charge is 0.478 e. The van der Waals surface area contributed by atoms with Gasteiger partial charge in [0.1, 0.15) is 0 Å². The molecule has 5 nitrogen and oxygen atoms in total. The zero-order valence-corrected chi connectivity index (χ0v) is 10.5. The second-order valence-electron chi connectivity index (χ2n) is 3.78. The molecule has 1 aromatic carbocycles. The maximum atomic E-state index is 11.6. The number of ether oxygens (including phenoxy) is 1. The van der Waals surface area contributed by atoms with Gasteiger partial charge in [-0.1, -0.05) is 30.3 Å². The van der Waals surface area contributed by atoms with Crippen molar-refractivity contribution in [3.05, 3.63) is 35.9 Å². The van der Waals surface area contributed by atoms with Crippen LogP contribution in [0, 0.1) is 0 Å². The molecule has 0 aliphatic carbocycles. The average Bonchev–Trinajstić information content (AvgIpc) is 2.34. The molecule has 1 unspecified atom stereocenters. The number of carbonyl (C=O) groups excluding carboxylic acids is 1. The van der Waals surface area contributed by atoms with E-state index < -0.39 is 12.2 Å². The van der Waals surface area contributed by atoms with Gasteiger partial charge in [0.05, 0.1) is 0 Å². The van der Waals surface area contributed by atoms with E-state index in [9.17, 15) is 9.59 Å². The molecule has 1 rings (SSSR count). The van der Waals surface area contributed by atoms with Crippen molar-refractivity contribution in [3.8, 4) is 0 Å². The van der Waals surface area contributed by atoms with Gasteiger partial charge in [0.25, 0.3) is 0 Å². The standard InChI is InChI=1S/C13H17NO4/c1-3-18-12(13(16)17)14(10(2)15)9-11-7-5-4-6-8-11/h4-8,12H,3,9H2,1-2H3,(H,16,17). The molecular weight excluding hydrogens is 234 g/mol. The summed E-state index contributed by atoms with van der Waals surface area (Å²) in [4.78, 5) is 23.9. The van der Waals surface area contributed by atoms with Crippen molar-refractivity contribution >= 4 is 11.9 Å². The van der Waals surface area contributed by atoms with Crippen molar-refractivity contribution in [1.82, 2.24) is 4.90 Å². The van der Waals surface area contributed by atoms with Crippen molar-refractivity contribution in [2.75, 3.05) is 6.61 Å². The molecule has 5 heteroatoms. The fourth-order valence-electron chi connectivity index (χ4n) is 1.59. The van der Waals surface area contributed by atoms with Gasteiger partial charge in [-0.25, -0.2) is 4.79 Å². The predicted molar refractivity (Wildman–Crippen MR) is 65.7 cm³/mol. The number of carboxylic acid groups (broad SMARTS) is 1. The zero-order chi connectivity index (χ0) is 13.5. The molecule has 0 bridgehead atoms. The number of amides is 1. The SMILES string of the molecule is CCOC(C(=O)O)N(Cc1ccccc1)C(C)=O. The average molecular weight is 251 g/mol. The van der Waals surface area contributed by atoms with Gasteiger partial charge in [-0.15, -0.1) is 0 Å². The Morgan fingerprint density at radius 2 is 1.94 bits per heavy atom. The lowest BCUT2D eigenvalue weighted by atomic mass is 10.2. The Bertz CT molecular complexity index is 405. The summed E-state index contributed by atoms with van der Waals surface area (Å²) in [6.07, 6.45) is -1.24. The maximum absolute atomic E-state index is 11.6. The summed E-state index contributed by atoms with van der Waals surface area (Å²) in [6.45, 7) is 3.47. The Morgan fingerprint density at radius 3 is 2.39 bits per heavy atom. The molecule has 0 heterocycles. The Labute approximate surface area is 106 Å². The summed E-state index contributed by atoms with van der Waals surface area (Å²) in [5.74, 6) is -1.50. The van der Waals surface area contributed by atoms with Crippen molar-refractivity contribution in [2.24, 2.45) is 0 Å². The molecule has 0 saturated heterocycles. The van der Waals surface area contributed by atoms with Gasteiger partial charge in [-0.2, -0.15) is 0 Å². The van der Waals surface area contributed by atoms with Crippen molar-refractivity contribution in [3.63, 3.8) is 0 Å². The van der Waals surface area contributed by atoms with Gasteiger partial charge in [-0.3, -0.25) is 4.79 Å². The van der Waals surface area contributed by atoms with Gasteiger partial charge < -0.3 is 14.7 Å². The van der Waals surface area contributed by atoms with Crippen LogP contribution in [-0.4, -0.2) is 34.7 Å². The number of aliphatic carboxylic acids is 1. The van der Waals surface area contributed by atoms with Crippen LogP contribution in [0.1, 0.15) is 19.4 Å². The molecule has 0 aliphatic heterocycles. The minimum Gasteiger partial charge on any atom is -0.478 e. The van der Waals surface area contributed by atoms with Crippen LogP contribution in [0.15, 0.2) is 30.3 Å². The summed E-state index contributed by atoms with van der Waals surface area (Å²) in [5.41, 5.74) is 0.860. The first kappa shape index (κ1) is 14.2. The molecule has 98 valence electrons. The monoisotopic (exact) mass is 251 g/mol. The minimum absolute atomic E-state index is 0.215. The quantitative estimate of drug-likeness (QED) is 0.778. The maximum Gasteiger partial charge on any atom is 0.354 e. The van der Waals surface area contributed by atoms with Crippen LogP contribution in [0.3, 0.4) is 0 Å². The smallest absolute Gasteiger partial charge is 0.354 e. The van der Waals surface area contributed by atoms with Gasteiger partial charge in [-0.05, 0) is 12.5 Å². The fraction of sp³-hybridized carbons (Fsp3) is 0.385. The number of carboxylic acids is 1. The van der Waals surface area contributed by atoms with Gasteiger partial charge >= 0.3 is 5.97 Å². The van der Waals surface area contributed by atoms with E-state index in [0.29, 0.717) is 0 Å². The lowest BCUT2D eigenvalue weighted by Crippen LogP contribution is -2.45. The van der Waals surface area contributed by atoms with Gasteiger partial charge in [0.2, 0.25) is 12.1 Å². The molecule has 0 radical (unpaired) electrons. The van der Waals surface area contributed by atoms with E-state index in [-0.39, 0.29) is 19.1 Å². The zero-order valence-electron chi connectivity index (χ0n) is 10.5. The number of carbonyl (C=O) groups is 2. The second kappa shape index (κ2) is 6.76. The van der Waals surface area contributed by atoms with E-state index in [1.165, 1.54) is 11.8 Å². The molecule has 0 spiro atoms. The van der Waals surface area contributed by atoms with Crippen LogP contribution in [0.4, 0.5) is 0 Å². The van der Waals surface area contributed by atoms with E-state index in [4.69, 9.17) is 9.84 Å². The van der Waals surface area contributed by atoms with Crippen LogP contribution in [-0.2, 0) is 20.9 Å². The molecule has 1 N–H and O–H groups in total. The van der Waals surface area contributed by atoms with E-state index in [0.717, 1.165) is 5.56 Å². The van der Waals surface area contributed by atoms with Crippen LogP contribution < -0.4 is 0 Å². The number of nitrogens with zero attached hydrogens (tertiary/aromatic N) is 1. The molecule has 0 aromatic heterocycles. The number of hydrogen-bond donors (Lipinski definition) is 1. The van der Waals surface area contributed by atoms with Crippen LogP contribution in [0.5, 0.6) is 0 Å². The molecule has 0 fully saturated rings. The highest BCUT2D eigenvalue weighted by Gasteiger charge is 2.28. The number of hydrogen-bond acceptors (Lipinski definition) is 3. The van der Waals surface area contributed by atoms with E-state index >= 15 is 0 Å². The minimum atomic E-state index is -1.24. The third-order valence-electron chi connectivity index (χ3n) is 2.42. The molecule has 18 heavy (non-hydrogen) atoms. The Balaban J connectivity index is 2.87. The molecule has 1 atom stereocenters. The van der Waals surface area contributed by atoms with Gasteiger partial charge in [0, 0.05) is 20.1 Å². The molecule has 0 saturated carbocycles. The Hall–Kier alpha value is -1.88. The first-order chi connectivity index (χ1) is 8.56. The van der Waals surface area contributed by atoms with E-state index in [2.05, 4.69) is 0 Å². The first-order valence-corrected chi connectivity index (χ1v) is 5.71. The second-order valence-corrected chi connectivity index (χ2v) is 3.78. The predicted octanol–water partition coefficient (Wildman–Crippen LogP) is 1.48. The molecule has 1 amide bonds. The summed E-state index contributed by atoms with van der Waals surface area (Å²) >= 11 is 0. The third-order valence-corrected chi connectivity index (χ3v) is 2.42. The summed E-state index contributed by atoms with van der Waals surface area (Å²) < 4.78 is 5.10. The first-order valence-electron chi connectivity index (χ1n) is 5.71. The van der Waals surface area contributed by atoms with Crippen LogP contribution >= 0.6 is 0 Å². The summed E-state index contributed by atoms with van der Waals surface area (Å²) in [7, 11) is 0. The van der Waals surface area contributed by atoms with E-state index in [1.807, 2.05) is 30.3 Å². The highest BCUT2D eigenvalue weighted by atomic mass is 16.5. The summed E-state index contributed by atoms with van der Waals surface area (Å²) in [6, 6.07) is 9.20. The van der Waals surface area contributed by atoms with Crippen LogP contribution in [0.2, 0.25) is 0 Å². The number of rotatable bonds is 6. The fourth-order valence-corrected chi connectivity index (χ4v) is 1.59. The Kier molecular flexibility index (Phi) is 5.32. The highest BCUT2D eigenvalue weighted by Crippen LogP contribution is 2.10. The molecular formula is C13H17NO4. The van der Waals surface area contributed by atoms with Crippen molar-refractivity contribution in [2.45, 2.75) is 26.6 Å². The lowest BCUT2D eigenvalue weighted by Gasteiger charge is -2.27. The van der Waals surface area contributed by atoms with Crippen molar-refractivity contribution in [1.29, 1.82) is 0 Å². The van der Waals surface area contributed by atoms with Gasteiger partial charge in [0.15, 0.2) is 0 Å². The van der Waals surface area contributed by atoms with Crippen LogP contribution in [0.25, 0.3) is 0 Å². The highest BCUT2D eigenvalue weighted by molar-refractivity contribution is 5.81. The summed E-state index contributed by atoms with van der Waals surface area (Å²) in [5, 5.41) is 9.08. The third kappa shape index (κ3) is 3.85. The number of benzene rings is 1. The lowest BCUT2D eigenvalue weighted by molar-refractivity contribution is -0.171. The van der Waals surface area contributed by atoms with E-state index in [1.54, 1.807) is 6.92 Å². The molecule has 1 aromatic rings. The van der Waals surface area contributed by atoms with Crippen molar-refractivity contribution < 1.29 is 19.4 Å². The Morgan fingerprint density at radius 1 is 1.33 bits per heavy atom. The molecule has 0 aliphatic rings. The topological polar surface area (TPSA) is 66.8 Å².